The predicted octanol–water partition coefficient (Wildman–Crippen LogP) is 3.41. The maximum absolute atomic E-state index is 11.6. The minimum absolute atomic E-state index is 0.426. The molecule has 0 aliphatic carbocycles. The largest absolute Gasteiger partial charge is 0.423 e. The van der Waals surface area contributed by atoms with Gasteiger partial charge in [0.1, 0.15) is 5.76 Å². The molecule has 0 saturated carbocycles. The van der Waals surface area contributed by atoms with Crippen LogP contribution in [-0.4, -0.2) is 5.97 Å². The van der Waals surface area contributed by atoms with Crippen LogP contribution in [0.4, 0.5) is 0 Å². The van der Waals surface area contributed by atoms with Crippen molar-refractivity contribution in [1.29, 1.82) is 10.5 Å². The Morgan fingerprint density at radius 2 is 1.70 bits per heavy atom. The third-order valence-electron chi connectivity index (χ3n) is 3.38. The number of nitriles is 2. The molecule has 0 saturated heterocycles. The first-order valence-electron chi connectivity index (χ1n) is 6.86. The number of carbonyl (C=O) groups is 1. The fourth-order valence-corrected chi connectivity index (χ4v) is 2.29. The van der Waals surface area contributed by atoms with Gasteiger partial charge in [0.05, 0.1) is 23.3 Å². The molecule has 0 atom stereocenters. The SMILES string of the molecule is N#Cc1ccc(C2=CC(=O)OC2=Cc2cccc(C#N)c2)cc1. The summed E-state index contributed by atoms with van der Waals surface area (Å²) in [5.41, 5.74) is 3.30. The van der Waals surface area contributed by atoms with Crippen LogP contribution in [0.1, 0.15) is 22.3 Å². The van der Waals surface area contributed by atoms with Gasteiger partial charge in [-0.15, -0.1) is 0 Å². The van der Waals surface area contributed by atoms with Crippen molar-refractivity contribution in [2.75, 3.05) is 0 Å². The Morgan fingerprint density at radius 3 is 2.39 bits per heavy atom. The molecule has 0 N–H and O–H groups in total. The third-order valence-corrected chi connectivity index (χ3v) is 3.38. The van der Waals surface area contributed by atoms with E-state index in [0.29, 0.717) is 22.5 Å². The Morgan fingerprint density at radius 1 is 0.957 bits per heavy atom. The van der Waals surface area contributed by atoms with E-state index in [0.717, 1.165) is 11.1 Å². The lowest BCUT2D eigenvalue weighted by molar-refractivity contribution is -0.132. The van der Waals surface area contributed by atoms with E-state index in [4.69, 9.17) is 15.3 Å². The molecule has 0 amide bonds. The van der Waals surface area contributed by atoms with Gasteiger partial charge >= 0.3 is 5.97 Å². The minimum atomic E-state index is -0.438. The monoisotopic (exact) mass is 298 g/mol. The number of carbonyl (C=O) groups excluding carboxylic acids is 1. The molecule has 2 aromatic rings. The van der Waals surface area contributed by atoms with Crippen LogP contribution in [0.25, 0.3) is 11.6 Å². The summed E-state index contributed by atoms with van der Waals surface area (Å²) in [6.45, 7) is 0. The van der Waals surface area contributed by atoms with Crippen molar-refractivity contribution < 1.29 is 9.53 Å². The Labute approximate surface area is 133 Å². The van der Waals surface area contributed by atoms with Crippen LogP contribution >= 0.6 is 0 Å². The quantitative estimate of drug-likeness (QED) is 0.796. The molecule has 4 nitrogen and oxygen atoms in total. The number of hydrogen-bond acceptors (Lipinski definition) is 4. The van der Waals surface area contributed by atoms with Gasteiger partial charge in [0.15, 0.2) is 0 Å². The number of ether oxygens (including phenoxy) is 1. The second kappa shape index (κ2) is 6.01. The Hall–Kier alpha value is -3.63. The Kier molecular flexibility index (Phi) is 3.74. The van der Waals surface area contributed by atoms with Crippen LogP contribution < -0.4 is 0 Å². The molecule has 1 aliphatic rings. The summed E-state index contributed by atoms with van der Waals surface area (Å²) in [6, 6.07) is 18.1. The van der Waals surface area contributed by atoms with Gasteiger partial charge in [-0.05, 0) is 41.5 Å². The zero-order chi connectivity index (χ0) is 16.2. The van der Waals surface area contributed by atoms with E-state index in [1.54, 1.807) is 48.5 Å². The number of allylic oxidation sites excluding steroid dienone is 1. The lowest BCUT2D eigenvalue weighted by atomic mass is 10.0. The van der Waals surface area contributed by atoms with Crippen molar-refractivity contribution in [2.24, 2.45) is 0 Å². The fraction of sp³-hybridized carbons (Fsp3) is 0. The number of rotatable bonds is 2. The van der Waals surface area contributed by atoms with Crippen molar-refractivity contribution in [1.82, 2.24) is 0 Å². The van der Waals surface area contributed by atoms with Crippen molar-refractivity contribution in [2.45, 2.75) is 0 Å². The van der Waals surface area contributed by atoms with Crippen LogP contribution in [0.3, 0.4) is 0 Å². The van der Waals surface area contributed by atoms with Crippen LogP contribution in [0.5, 0.6) is 0 Å². The predicted molar refractivity (Wildman–Crippen MR) is 84.4 cm³/mol. The summed E-state index contributed by atoms with van der Waals surface area (Å²) < 4.78 is 5.24. The second-order valence-corrected chi connectivity index (χ2v) is 4.91. The van der Waals surface area contributed by atoms with Gasteiger partial charge < -0.3 is 4.74 Å². The number of esters is 1. The summed E-state index contributed by atoms with van der Waals surface area (Å²) in [5, 5.41) is 17.8. The van der Waals surface area contributed by atoms with Crippen molar-refractivity contribution in [3.8, 4) is 12.1 Å². The second-order valence-electron chi connectivity index (χ2n) is 4.91. The highest BCUT2D eigenvalue weighted by molar-refractivity contribution is 6.03. The molecule has 0 bridgehead atoms. The molecule has 0 fully saturated rings. The highest BCUT2D eigenvalue weighted by atomic mass is 16.5. The van der Waals surface area contributed by atoms with E-state index in [-0.39, 0.29) is 0 Å². The topological polar surface area (TPSA) is 73.9 Å². The molecule has 2 aromatic carbocycles. The maximum Gasteiger partial charge on any atom is 0.336 e. The van der Waals surface area contributed by atoms with Gasteiger partial charge in [-0.25, -0.2) is 4.79 Å². The van der Waals surface area contributed by atoms with Gasteiger partial charge in [0.25, 0.3) is 0 Å². The summed E-state index contributed by atoms with van der Waals surface area (Å²) in [5.74, 6) is -0.0122. The van der Waals surface area contributed by atoms with E-state index < -0.39 is 5.97 Å². The van der Waals surface area contributed by atoms with E-state index in [1.807, 2.05) is 6.07 Å². The van der Waals surface area contributed by atoms with E-state index in [9.17, 15) is 4.79 Å². The molecule has 1 aliphatic heterocycles. The van der Waals surface area contributed by atoms with E-state index in [2.05, 4.69) is 12.1 Å². The number of hydrogen-bond donors (Lipinski definition) is 0. The van der Waals surface area contributed by atoms with Gasteiger partial charge in [0, 0.05) is 11.6 Å². The highest BCUT2D eigenvalue weighted by Crippen LogP contribution is 2.31. The molecule has 1 heterocycles. The summed E-state index contributed by atoms with van der Waals surface area (Å²) in [4.78, 5) is 11.6. The molecule has 3 rings (SSSR count). The smallest absolute Gasteiger partial charge is 0.336 e. The summed E-state index contributed by atoms with van der Waals surface area (Å²) in [7, 11) is 0. The van der Waals surface area contributed by atoms with Gasteiger partial charge in [-0.1, -0.05) is 24.3 Å². The Balaban J connectivity index is 2.00. The summed E-state index contributed by atoms with van der Waals surface area (Å²) in [6.07, 6.45) is 3.14. The van der Waals surface area contributed by atoms with Crippen LogP contribution in [0.15, 0.2) is 60.4 Å². The molecule has 0 aromatic heterocycles. The molecule has 0 unspecified atom stereocenters. The molecule has 23 heavy (non-hydrogen) atoms. The minimum Gasteiger partial charge on any atom is -0.423 e. The standard InChI is InChI=1S/C19H10N2O2/c20-11-13-4-6-16(7-5-13)17-10-19(22)23-18(17)9-14-2-1-3-15(8-14)12-21/h1-10H. The molecule has 0 spiro atoms. The van der Waals surface area contributed by atoms with Gasteiger partial charge in [0.2, 0.25) is 0 Å². The van der Waals surface area contributed by atoms with E-state index in [1.165, 1.54) is 6.08 Å². The molecular formula is C19H10N2O2. The number of cyclic esters (lactones) is 1. The Bertz CT molecular complexity index is 923. The average Bonchev–Trinajstić information content (AvgIpc) is 2.95. The zero-order valence-corrected chi connectivity index (χ0v) is 12.0. The van der Waals surface area contributed by atoms with E-state index >= 15 is 0 Å². The zero-order valence-electron chi connectivity index (χ0n) is 12.0. The first-order chi connectivity index (χ1) is 11.2. The maximum atomic E-state index is 11.6. The first kappa shape index (κ1) is 14.3. The lowest BCUT2D eigenvalue weighted by Gasteiger charge is -2.05. The third kappa shape index (κ3) is 3.02. The molecule has 4 heteroatoms. The van der Waals surface area contributed by atoms with Crippen molar-refractivity contribution in [3.63, 3.8) is 0 Å². The highest BCUT2D eigenvalue weighted by Gasteiger charge is 2.21. The summed E-state index contributed by atoms with van der Waals surface area (Å²) >= 11 is 0. The van der Waals surface area contributed by atoms with Crippen LogP contribution in [0.2, 0.25) is 0 Å². The van der Waals surface area contributed by atoms with Gasteiger partial charge in [-0.3, -0.25) is 0 Å². The molecule has 108 valence electrons. The first-order valence-corrected chi connectivity index (χ1v) is 6.86. The van der Waals surface area contributed by atoms with Crippen LogP contribution in [0, 0.1) is 22.7 Å². The van der Waals surface area contributed by atoms with Crippen LogP contribution in [-0.2, 0) is 9.53 Å². The average molecular weight is 298 g/mol. The fourth-order valence-electron chi connectivity index (χ4n) is 2.29. The van der Waals surface area contributed by atoms with Crippen molar-refractivity contribution >= 4 is 17.6 Å². The molecule has 0 radical (unpaired) electrons. The normalized spacial score (nSPS) is 14.8. The number of nitrogens with zero attached hydrogens (tertiary/aromatic N) is 2. The molecular weight excluding hydrogens is 288 g/mol. The van der Waals surface area contributed by atoms with Crippen molar-refractivity contribution in [3.05, 3.63) is 82.6 Å². The lowest BCUT2D eigenvalue weighted by Crippen LogP contribution is -1.92. The van der Waals surface area contributed by atoms with Gasteiger partial charge in [-0.2, -0.15) is 10.5 Å². The number of benzene rings is 2.